The van der Waals surface area contributed by atoms with Gasteiger partial charge in [0.05, 0.1) is 27.8 Å². The summed E-state index contributed by atoms with van der Waals surface area (Å²) >= 11 is 0. The molecule has 0 unspecified atom stereocenters. The Morgan fingerprint density at radius 3 is 1.51 bits per heavy atom. The molecular formula is C67H43N5. The molecule has 0 aliphatic rings. The van der Waals surface area contributed by atoms with Gasteiger partial charge in [-0.2, -0.15) is 0 Å². The molecule has 5 nitrogen and oxygen atoms in total. The summed E-state index contributed by atoms with van der Waals surface area (Å²) in [5.74, 6) is 1.84. The van der Waals surface area contributed by atoms with Gasteiger partial charge in [-0.25, -0.2) is 15.0 Å². The minimum Gasteiger partial charge on any atom is -0.307 e. The summed E-state index contributed by atoms with van der Waals surface area (Å²) in [5, 5.41) is 6.88. The number of hydrogen-bond donors (Lipinski definition) is 0. The van der Waals surface area contributed by atoms with E-state index in [1.807, 2.05) is 0 Å². The van der Waals surface area contributed by atoms with Gasteiger partial charge in [-0.1, -0.05) is 212 Å². The SMILES string of the molecule is c1ccc(-c2cccc(-c3ccc(-c4nc(-c5ccc6ccccc6c5)nc(-c5cccc6c5c5ccccc5n6-c5cccc6c7ccccc7n(-c7cccc(-c8ccccc8)c7)c56)n4)cc3)c2)cc1. The zero-order chi connectivity index (χ0) is 47.5. The van der Waals surface area contributed by atoms with Crippen molar-refractivity contribution in [1.29, 1.82) is 0 Å². The van der Waals surface area contributed by atoms with E-state index < -0.39 is 0 Å². The fraction of sp³-hybridized carbons (Fsp3) is 0. The van der Waals surface area contributed by atoms with Crippen molar-refractivity contribution >= 4 is 54.4 Å². The molecular weight excluding hydrogens is 875 g/mol. The third kappa shape index (κ3) is 6.98. The van der Waals surface area contributed by atoms with Crippen LogP contribution in [0.2, 0.25) is 0 Å². The van der Waals surface area contributed by atoms with Crippen molar-refractivity contribution in [3.8, 4) is 78.9 Å². The van der Waals surface area contributed by atoms with Crippen LogP contribution in [0, 0.1) is 0 Å². The van der Waals surface area contributed by atoms with Crippen LogP contribution in [0.15, 0.2) is 261 Å². The van der Waals surface area contributed by atoms with Crippen LogP contribution in [-0.2, 0) is 0 Å². The Bertz CT molecular complexity index is 4380. The first-order chi connectivity index (χ1) is 35.7. The van der Waals surface area contributed by atoms with E-state index in [4.69, 9.17) is 15.0 Å². The summed E-state index contributed by atoms with van der Waals surface area (Å²) in [5.41, 5.74) is 16.4. The fourth-order valence-corrected chi connectivity index (χ4v) is 10.8. The molecule has 0 spiro atoms. The first kappa shape index (κ1) is 41.3. The van der Waals surface area contributed by atoms with Crippen molar-refractivity contribution in [3.05, 3.63) is 261 Å². The second-order valence-electron chi connectivity index (χ2n) is 18.4. The predicted octanol–water partition coefficient (Wildman–Crippen LogP) is 17.2. The third-order valence-corrected chi connectivity index (χ3v) is 14.2. The minimum absolute atomic E-state index is 0.612. The van der Waals surface area contributed by atoms with Crippen molar-refractivity contribution in [1.82, 2.24) is 24.1 Å². The monoisotopic (exact) mass is 917 g/mol. The maximum absolute atomic E-state index is 5.39. The highest BCUT2D eigenvalue weighted by Crippen LogP contribution is 2.43. The Hall–Kier alpha value is -9.71. The predicted molar refractivity (Wildman–Crippen MR) is 299 cm³/mol. The van der Waals surface area contributed by atoms with Gasteiger partial charge in [-0.15, -0.1) is 0 Å². The molecule has 0 saturated heterocycles. The lowest BCUT2D eigenvalue weighted by molar-refractivity contribution is 1.08. The fourth-order valence-electron chi connectivity index (χ4n) is 10.8. The summed E-state index contributed by atoms with van der Waals surface area (Å²) in [4.78, 5) is 16.0. The maximum atomic E-state index is 5.39. The van der Waals surface area contributed by atoms with Gasteiger partial charge in [-0.05, 0) is 92.7 Å². The molecule has 0 fully saturated rings. The molecule has 0 N–H and O–H groups in total. The molecule has 14 aromatic rings. The molecule has 3 heterocycles. The summed E-state index contributed by atoms with van der Waals surface area (Å²) in [6.07, 6.45) is 0. The number of nitrogens with zero attached hydrogens (tertiary/aromatic N) is 5. The van der Waals surface area contributed by atoms with Crippen LogP contribution in [0.3, 0.4) is 0 Å². The van der Waals surface area contributed by atoms with Gasteiger partial charge in [0.15, 0.2) is 17.5 Å². The summed E-state index contributed by atoms with van der Waals surface area (Å²) in [6.45, 7) is 0. The Morgan fingerprint density at radius 1 is 0.264 bits per heavy atom. The van der Waals surface area contributed by atoms with Gasteiger partial charge in [0, 0.05) is 43.9 Å². The number of para-hydroxylation sites is 3. The average Bonchev–Trinajstić information content (AvgIpc) is 3.99. The van der Waals surface area contributed by atoms with Crippen LogP contribution in [0.1, 0.15) is 0 Å². The lowest BCUT2D eigenvalue weighted by Gasteiger charge is -2.15. The zero-order valence-corrected chi connectivity index (χ0v) is 39.1. The number of rotatable bonds is 8. The molecule has 14 rings (SSSR count). The van der Waals surface area contributed by atoms with Crippen molar-refractivity contribution in [3.63, 3.8) is 0 Å². The number of fused-ring (bicyclic) bond motifs is 7. The van der Waals surface area contributed by atoms with Gasteiger partial charge in [0.25, 0.3) is 0 Å². The van der Waals surface area contributed by atoms with Crippen molar-refractivity contribution in [2.24, 2.45) is 0 Å². The molecule has 72 heavy (non-hydrogen) atoms. The zero-order valence-electron chi connectivity index (χ0n) is 39.1. The molecule has 0 atom stereocenters. The number of benzene rings is 11. The molecule has 0 bridgehead atoms. The second-order valence-corrected chi connectivity index (χ2v) is 18.4. The van der Waals surface area contributed by atoms with Crippen LogP contribution in [-0.4, -0.2) is 24.1 Å². The maximum Gasteiger partial charge on any atom is 0.164 e. The van der Waals surface area contributed by atoms with E-state index >= 15 is 0 Å². The molecule has 0 aliphatic carbocycles. The first-order valence-electron chi connectivity index (χ1n) is 24.4. The van der Waals surface area contributed by atoms with Crippen molar-refractivity contribution in [2.75, 3.05) is 0 Å². The minimum atomic E-state index is 0.612. The van der Waals surface area contributed by atoms with E-state index in [2.05, 4.69) is 270 Å². The van der Waals surface area contributed by atoms with Gasteiger partial charge in [0.1, 0.15) is 0 Å². The van der Waals surface area contributed by atoms with Crippen LogP contribution >= 0.6 is 0 Å². The van der Waals surface area contributed by atoms with Crippen LogP contribution in [0.4, 0.5) is 0 Å². The summed E-state index contributed by atoms with van der Waals surface area (Å²) in [6, 6.07) is 93.0. The quantitative estimate of drug-likeness (QED) is 0.153. The molecule has 0 saturated carbocycles. The molecule has 0 aliphatic heterocycles. The van der Waals surface area contributed by atoms with Gasteiger partial charge in [0.2, 0.25) is 0 Å². The van der Waals surface area contributed by atoms with E-state index in [9.17, 15) is 0 Å². The topological polar surface area (TPSA) is 48.5 Å². The number of hydrogen-bond acceptors (Lipinski definition) is 3. The molecule has 0 radical (unpaired) electrons. The highest BCUT2D eigenvalue weighted by Gasteiger charge is 2.23. The van der Waals surface area contributed by atoms with E-state index in [0.29, 0.717) is 17.5 Å². The molecule has 0 amide bonds. The number of aromatic nitrogens is 5. The van der Waals surface area contributed by atoms with Gasteiger partial charge < -0.3 is 9.13 Å². The van der Waals surface area contributed by atoms with Crippen molar-refractivity contribution < 1.29 is 0 Å². The summed E-state index contributed by atoms with van der Waals surface area (Å²) in [7, 11) is 0. The summed E-state index contributed by atoms with van der Waals surface area (Å²) < 4.78 is 4.88. The smallest absolute Gasteiger partial charge is 0.164 e. The highest BCUT2D eigenvalue weighted by molar-refractivity contribution is 6.18. The van der Waals surface area contributed by atoms with E-state index in [0.717, 1.165) is 77.4 Å². The standard InChI is InChI=1S/C67H43N5/c1-3-17-44(18-4-1)50-23-13-24-51(41-50)47-35-38-48(39-36-47)65-68-66(53-40-37-46-21-7-8-22-49(46)42-53)70-67(69-65)58-30-16-33-61-63(58)57-28-10-12-32-60(57)72(61)62-34-15-29-56-55-27-9-11-31-59(55)71(64(56)62)54-26-14-25-52(43-54)45-19-5-2-6-20-45/h1-43H. The molecule has 11 aromatic carbocycles. The van der Waals surface area contributed by atoms with Crippen LogP contribution in [0.25, 0.3) is 133 Å². The second kappa shape index (κ2) is 17.1. The van der Waals surface area contributed by atoms with E-state index in [1.54, 1.807) is 0 Å². The first-order valence-corrected chi connectivity index (χ1v) is 24.4. The molecule has 336 valence electrons. The molecule has 3 aromatic heterocycles. The average molecular weight is 918 g/mol. The lowest BCUT2D eigenvalue weighted by Crippen LogP contribution is -2.01. The Kier molecular flexibility index (Phi) is 9.78. The van der Waals surface area contributed by atoms with Crippen LogP contribution < -0.4 is 0 Å². The van der Waals surface area contributed by atoms with E-state index in [1.165, 1.54) is 38.4 Å². The Labute approximate surface area is 416 Å². The largest absolute Gasteiger partial charge is 0.307 e. The van der Waals surface area contributed by atoms with Gasteiger partial charge in [-0.3, -0.25) is 0 Å². The van der Waals surface area contributed by atoms with Crippen molar-refractivity contribution in [2.45, 2.75) is 0 Å². The van der Waals surface area contributed by atoms with Crippen LogP contribution in [0.5, 0.6) is 0 Å². The van der Waals surface area contributed by atoms with E-state index in [-0.39, 0.29) is 0 Å². The highest BCUT2D eigenvalue weighted by atomic mass is 15.1. The van der Waals surface area contributed by atoms with Gasteiger partial charge >= 0.3 is 0 Å². The Balaban J connectivity index is 0.967. The normalized spacial score (nSPS) is 11.6. The Morgan fingerprint density at radius 2 is 0.764 bits per heavy atom. The lowest BCUT2D eigenvalue weighted by atomic mass is 9.98. The third-order valence-electron chi connectivity index (χ3n) is 14.2. The molecule has 5 heteroatoms.